The first-order chi connectivity index (χ1) is 10.2. The number of nitriles is 1. The zero-order valence-corrected chi connectivity index (χ0v) is 12.4. The van der Waals surface area contributed by atoms with Gasteiger partial charge in [0.25, 0.3) is 0 Å². The van der Waals surface area contributed by atoms with Gasteiger partial charge in [-0.15, -0.1) is 0 Å². The van der Waals surface area contributed by atoms with Crippen LogP contribution in [-0.4, -0.2) is 29.9 Å². The first-order valence-electron chi connectivity index (χ1n) is 7.67. The summed E-state index contributed by atoms with van der Waals surface area (Å²) < 4.78 is 0. The van der Waals surface area contributed by atoms with E-state index in [-0.39, 0.29) is 5.91 Å². The van der Waals surface area contributed by atoms with Crippen LogP contribution in [0, 0.1) is 24.2 Å². The smallest absolute Gasteiger partial charge is 0.220 e. The molecule has 2 fully saturated rings. The Bertz CT molecular complexity index is 590. The van der Waals surface area contributed by atoms with Gasteiger partial charge in [-0.1, -0.05) is 6.07 Å². The molecule has 0 bridgehead atoms. The zero-order valence-electron chi connectivity index (χ0n) is 12.4. The first-order valence-corrected chi connectivity index (χ1v) is 7.67. The maximum atomic E-state index is 11.4. The molecule has 2 unspecified atom stereocenters. The molecule has 0 spiro atoms. The Hall–Kier alpha value is -1.86. The molecular weight excluding hydrogens is 262 g/mol. The number of aryl methyl sites for hydroxylation is 1. The number of nitrogens with one attached hydrogen (secondary N) is 1. The van der Waals surface area contributed by atoms with Crippen LogP contribution >= 0.6 is 0 Å². The number of carbonyl (C=O) groups is 1. The van der Waals surface area contributed by atoms with Gasteiger partial charge in [0.2, 0.25) is 5.91 Å². The molecule has 0 radical (unpaired) electrons. The molecule has 1 aromatic rings. The third-order valence-corrected chi connectivity index (χ3v) is 4.77. The van der Waals surface area contributed by atoms with Crippen molar-refractivity contribution in [3.05, 3.63) is 34.9 Å². The molecule has 2 atom stereocenters. The highest BCUT2D eigenvalue weighted by Gasteiger charge is 2.33. The van der Waals surface area contributed by atoms with Crippen molar-refractivity contribution >= 4 is 5.91 Å². The summed E-state index contributed by atoms with van der Waals surface area (Å²) in [5, 5.41) is 12.1. The van der Waals surface area contributed by atoms with E-state index >= 15 is 0 Å². The van der Waals surface area contributed by atoms with E-state index in [0.29, 0.717) is 18.4 Å². The molecule has 4 heteroatoms. The Morgan fingerprint density at radius 1 is 1.43 bits per heavy atom. The molecule has 0 aromatic heterocycles. The number of amides is 1. The van der Waals surface area contributed by atoms with E-state index in [1.807, 2.05) is 12.1 Å². The molecule has 1 amide bonds. The van der Waals surface area contributed by atoms with Crippen LogP contribution in [-0.2, 0) is 11.3 Å². The van der Waals surface area contributed by atoms with E-state index in [1.54, 1.807) is 0 Å². The van der Waals surface area contributed by atoms with Crippen LogP contribution in [0.25, 0.3) is 0 Å². The Balaban J connectivity index is 1.64. The van der Waals surface area contributed by atoms with E-state index in [1.165, 1.54) is 11.1 Å². The summed E-state index contributed by atoms with van der Waals surface area (Å²) in [4.78, 5) is 13.9. The van der Waals surface area contributed by atoms with Gasteiger partial charge in [0.05, 0.1) is 11.6 Å². The summed E-state index contributed by atoms with van der Waals surface area (Å²) in [5.74, 6) is 0.808. The van der Waals surface area contributed by atoms with Crippen molar-refractivity contribution in [2.45, 2.75) is 38.8 Å². The lowest BCUT2D eigenvalue weighted by molar-refractivity contribution is -0.125. The van der Waals surface area contributed by atoms with Crippen LogP contribution in [0.4, 0.5) is 0 Å². The number of piperidine rings is 2. The van der Waals surface area contributed by atoms with Gasteiger partial charge in [0, 0.05) is 32.1 Å². The van der Waals surface area contributed by atoms with Gasteiger partial charge >= 0.3 is 0 Å². The van der Waals surface area contributed by atoms with Gasteiger partial charge in [-0.05, 0) is 48.9 Å². The summed E-state index contributed by atoms with van der Waals surface area (Å²) in [5.41, 5.74) is 3.21. The van der Waals surface area contributed by atoms with E-state index in [4.69, 9.17) is 5.26 Å². The van der Waals surface area contributed by atoms with Crippen molar-refractivity contribution in [1.82, 2.24) is 10.2 Å². The molecule has 1 aromatic carbocycles. The first kappa shape index (κ1) is 14.1. The predicted molar refractivity (Wildman–Crippen MR) is 80.4 cm³/mol. The highest BCUT2D eigenvalue weighted by molar-refractivity contribution is 5.77. The number of rotatable bonds is 2. The summed E-state index contributed by atoms with van der Waals surface area (Å²) in [6.07, 6.45) is 2.73. The molecule has 2 aliphatic heterocycles. The second-order valence-electron chi connectivity index (χ2n) is 6.25. The Morgan fingerprint density at radius 3 is 3.05 bits per heavy atom. The molecule has 0 saturated carbocycles. The molecule has 0 aliphatic carbocycles. The summed E-state index contributed by atoms with van der Waals surface area (Å²) in [6.45, 7) is 5.10. The fourth-order valence-electron chi connectivity index (χ4n) is 3.51. The number of carbonyl (C=O) groups excluding carboxylic acids is 1. The predicted octanol–water partition coefficient (Wildman–Crippen LogP) is 1.97. The topological polar surface area (TPSA) is 56.1 Å². The molecule has 3 rings (SSSR count). The molecule has 1 N–H and O–H groups in total. The van der Waals surface area contributed by atoms with E-state index in [2.05, 4.69) is 29.3 Å². The van der Waals surface area contributed by atoms with Crippen LogP contribution < -0.4 is 5.32 Å². The molecule has 4 nitrogen and oxygen atoms in total. The number of hydrogen-bond donors (Lipinski definition) is 1. The summed E-state index contributed by atoms with van der Waals surface area (Å²) >= 11 is 0. The number of likely N-dealkylation sites (tertiary alicyclic amines) is 1. The third-order valence-electron chi connectivity index (χ3n) is 4.77. The molecule has 21 heavy (non-hydrogen) atoms. The number of fused-ring (bicyclic) bond motifs is 1. The average molecular weight is 283 g/mol. The van der Waals surface area contributed by atoms with Gasteiger partial charge in [-0.25, -0.2) is 0 Å². The lowest BCUT2D eigenvalue weighted by atomic mass is 9.85. The molecule has 2 aliphatic rings. The maximum Gasteiger partial charge on any atom is 0.220 e. The lowest BCUT2D eigenvalue weighted by Crippen LogP contribution is -2.53. The normalized spacial score (nSPS) is 25.8. The maximum absolute atomic E-state index is 11.4. The second-order valence-corrected chi connectivity index (χ2v) is 6.25. The van der Waals surface area contributed by atoms with E-state index in [9.17, 15) is 4.79 Å². The SMILES string of the molecule is Cc1cc(C#N)ccc1CN1CCC2NC(=O)CCC2C1. The second kappa shape index (κ2) is 5.87. The van der Waals surface area contributed by atoms with Gasteiger partial charge in [-0.2, -0.15) is 5.26 Å². The Morgan fingerprint density at radius 2 is 2.29 bits per heavy atom. The van der Waals surface area contributed by atoms with Crippen LogP contribution in [0.1, 0.15) is 36.0 Å². The molecule has 110 valence electrons. The minimum Gasteiger partial charge on any atom is -0.353 e. The van der Waals surface area contributed by atoms with Gasteiger partial charge in [0.15, 0.2) is 0 Å². The van der Waals surface area contributed by atoms with Gasteiger partial charge in [-0.3, -0.25) is 9.69 Å². The molecule has 2 saturated heterocycles. The lowest BCUT2D eigenvalue weighted by Gasteiger charge is -2.41. The van der Waals surface area contributed by atoms with Crippen LogP contribution in [0.5, 0.6) is 0 Å². The largest absolute Gasteiger partial charge is 0.353 e. The number of nitrogens with zero attached hydrogens (tertiary/aromatic N) is 2. The highest BCUT2D eigenvalue weighted by atomic mass is 16.1. The van der Waals surface area contributed by atoms with Gasteiger partial charge < -0.3 is 5.32 Å². The highest BCUT2D eigenvalue weighted by Crippen LogP contribution is 2.26. The van der Waals surface area contributed by atoms with E-state index < -0.39 is 0 Å². The third kappa shape index (κ3) is 3.08. The van der Waals surface area contributed by atoms with Crippen molar-refractivity contribution < 1.29 is 4.79 Å². The fourth-order valence-corrected chi connectivity index (χ4v) is 3.51. The van der Waals surface area contributed by atoms with Crippen LogP contribution in [0.3, 0.4) is 0 Å². The van der Waals surface area contributed by atoms with Crippen LogP contribution in [0.15, 0.2) is 18.2 Å². The standard InChI is InChI=1S/C17H21N3O/c1-12-8-13(9-18)2-3-14(12)10-20-7-6-16-15(11-20)4-5-17(21)19-16/h2-3,8,15-16H,4-7,10-11H2,1H3,(H,19,21). The minimum absolute atomic E-state index is 0.215. The van der Waals surface area contributed by atoms with Crippen molar-refractivity contribution in [1.29, 1.82) is 5.26 Å². The monoisotopic (exact) mass is 283 g/mol. The van der Waals surface area contributed by atoms with Crippen molar-refractivity contribution in [2.24, 2.45) is 5.92 Å². The van der Waals surface area contributed by atoms with Crippen LogP contribution in [0.2, 0.25) is 0 Å². The number of hydrogen-bond acceptors (Lipinski definition) is 3. The van der Waals surface area contributed by atoms with Crippen molar-refractivity contribution in [3.63, 3.8) is 0 Å². The quantitative estimate of drug-likeness (QED) is 0.903. The molecule has 2 heterocycles. The minimum atomic E-state index is 0.215. The van der Waals surface area contributed by atoms with E-state index in [0.717, 1.165) is 38.0 Å². The molecular formula is C17H21N3O. The van der Waals surface area contributed by atoms with Gasteiger partial charge in [0.1, 0.15) is 0 Å². The average Bonchev–Trinajstić information content (AvgIpc) is 2.49. The van der Waals surface area contributed by atoms with Crippen molar-refractivity contribution in [3.8, 4) is 6.07 Å². The van der Waals surface area contributed by atoms with Crippen molar-refractivity contribution in [2.75, 3.05) is 13.1 Å². The summed E-state index contributed by atoms with van der Waals surface area (Å²) in [6, 6.07) is 8.50. The fraction of sp³-hybridized carbons (Fsp3) is 0.529. The Kier molecular flexibility index (Phi) is 3.94. The Labute approximate surface area is 125 Å². The zero-order chi connectivity index (χ0) is 14.8. The number of benzene rings is 1. The summed E-state index contributed by atoms with van der Waals surface area (Å²) in [7, 11) is 0.